The molecule has 3 rings (SSSR count). The number of hydrogen-bond donors (Lipinski definition) is 1. The van der Waals surface area contributed by atoms with Crippen molar-refractivity contribution in [3.05, 3.63) is 68.9 Å². The van der Waals surface area contributed by atoms with E-state index >= 15 is 0 Å². The highest BCUT2D eigenvalue weighted by molar-refractivity contribution is 9.10. The zero-order valence-corrected chi connectivity index (χ0v) is 13.1. The monoisotopic (exact) mass is 353 g/mol. The Kier molecular flexibility index (Phi) is 3.85. The Morgan fingerprint density at radius 3 is 2.60 bits per heavy atom. The molecule has 0 unspecified atom stereocenters. The van der Waals surface area contributed by atoms with Gasteiger partial charge in [0.1, 0.15) is 5.82 Å². The van der Waals surface area contributed by atoms with Crippen LogP contribution >= 0.6 is 27.5 Å². The second-order valence-electron chi connectivity index (χ2n) is 5.35. The summed E-state index contributed by atoms with van der Waals surface area (Å²) in [5, 5.41) is 4.07. The highest BCUT2D eigenvalue weighted by Crippen LogP contribution is 2.34. The van der Waals surface area contributed by atoms with Gasteiger partial charge in [-0.2, -0.15) is 0 Å². The van der Waals surface area contributed by atoms with Crippen LogP contribution in [0.1, 0.15) is 11.1 Å². The van der Waals surface area contributed by atoms with Gasteiger partial charge in [0, 0.05) is 28.0 Å². The predicted octanol–water partition coefficient (Wildman–Crippen LogP) is 4.33. The minimum absolute atomic E-state index is 0.0120. The molecule has 0 bridgehead atoms. The fourth-order valence-corrected chi connectivity index (χ4v) is 3.48. The summed E-state index contributed by atoms with van der Waals surface area (Å²) < 4.78 is 14.3. The van der Waals surface area contributed by atoms with Gasteiger partial charge in [0.25, 0.3) is 0 Å². The Balaban J connectivity index is 1.93. The molecular formula is C16H14BrClFN. The topological polar surface area (TPSA) is 12.0 Å². The van der Waals surface area contributed by atoms with Crippen LogP contribution in [-0.2, 0) is 11.8 Å². The van der Waals surface area contributed by atoms with Gasteiger partial charge < -0.3 is 5.32 Å². The second kappa shape index (κ2) is 5.47. The minimum Gasteiger partial charge on any atom is -0.315 e. The van der Waals surface area contributed by atoms with Gasteiger partial charge >= 0.3 is 0 Å². The van der Waals surface area contributed by atoms with E-state index in [1.807, 2.05) is 24.3 Å². The lowest BCUT2D eigenvalue weighted by Crippen LogP contribution is -2.58. The van der Waals surface area contributed by atoms with Crippen molar-refractivity contribution in [1.29, 1.82) is 0 Å². The van der Waals surface area contributed by atoms with Crippen molar-refractivity contribution < 1.29 is 4.39 Å². The molecule has 1 heterocycles. The van der Waals surface area contributed by atoms with E-state index in [-0.39, 0.29) is 11.2 Å². The van der Waals surface area contributed by atoms with E-state index in [2.05, 4.69) is 27.3 Å². The molecule has 1 aliphatic heterocycles. The average Bonchev–Trinajstić information content (AvgIpc) is 2.32. The molecule has 0 amide bonds. The Morgan fingerprint density at radius 1 is 1.20 bits per heavy atom. The molecule has 0 spiro atoms. The summed E-state index contributed by atoms with van der Waals surface area (Å²) in [7, 11) is 0. The van der Waals surface area contributed by atoms with Gasteiger partial charge in [0.2, 0.25) is 0 Å². The minimum atomic E-state index is -0.206. The summed E-state index contributed by atoms with van der Waals surface area (Å²) in [4.78, 5) is 0. The van der Waals surface area contributed by atoms with Crippen molar-refractivity contribution in [3.8, 4) is 0 Å². The number of rotatable bonds is 3. The maximum absolute atomic E-state index is 13.5. The molecule has 2 aromatic carbocycles. The number of hydrogen-bond acceptors (Lipinski definition) is 1. The third-order valence-electron chi connectivity index (χ3n) is 3.83. The lowest BCUT2D eigenvalue weighted by molar-refractivity contribution is 0.274. The van der Waals surface area contributed by atoms with Crippen LogP contribution in [0.2, 0.25) is 5.02 Å². The molecular weight excluding hydrogens is 341 g/mol. The van der Waals surface area contributed by atoms with Gasteiger partial charge in [-0.3, -0.25) is 0 Å². The maximum Gasteiger partial charge on any atom is 0.124 e. The molecule has 4 heteroatoms. The van der Waals surface area contributed by atoms with E-state index in [4.69, 9.17) is 11.6 Å². The van der Waals surface area contributed by atoms with Crippen LogP contribution in [0.3, 0.4) is 0 Å². The number of benzene rings is 2. The fraction of sp³-hybridized carbons (Fsp3) is 0.250. The molecule has 1 fully saturated rings. The average molecular weight is 355 g/mol. The molecule has 1 aliphatic rings. The Bertz CT molecular complexity index is 620. The Morgan fingerprint density at radius 2 is 2.00 bits per heavy atom. The molecule has 0 aromatic heterocycles. The summed E-state index contributed by atoms with van der Waals surface area (Å²) >= 11 is 9.45. The molecule has 1 nitrogen and oxygen atoms in total. The van der Waals surface area contributed by atoms with Gasteiger partial charge in [0.05, 0.1) is 0 Å². The van der Waals surface area contributed by atoms with Crippen molar-refractivity contribution in [2.75, 3.05) is 13.1 Å². The third-order valence-corrected chi connectivity index (χ3v) is 4.52. The van der Waals surface area contributed by atoms with Crippen LogP contribution in [0.4, 0.5) is 4.39 Å². The quantitative estimate of drug-likeness (QED) is 0.865. The van der Waals surface area contributed by atoms with E-state index in [0.717, 1.165) is 34.6 Å². The van der Waals surface area contributed by atoms with Gasteiger partial charge in [-0.25, -0.2) is 4.39 Å². The SMILES string of the molecule is Fc1cc(Br)cc(CC2(c3cccc(Cl)c3)CNC2)c1. The first-order chi connectivity index (χ1) is 9.57. The molecule has 0 saturated carbocycles. The van der Waals surface area contributed by atoms with Crippen LogP contribution in [-0.4, -0.2) is 13.1 Å². The Labute approximate surface area is 131 Å². The summed E-state index contributed by atoms with van der Waals surface area (Å²) in [5.41, 5.74) is 2.22. The van der Waals surface area contributed by atoms with E-state index in [1.54, 1.807) is 6.07 Å². The van der Waals surface area contributed by atoms with Crippen LogP contribution in [0, 0.1) is 5.82 Å². The lowest BCUT2D eigenvalue weighted by atomic mass is 9.71. The van der Waals surface area contributed by atoms with Gasteiger partial charge in [-0.05, 0) is 47.9 Å². The van der Waals surface area contributed by atoms with Gasteiger partial charge in [-0.15, -0.1) is 0 Å². The third kappa shape index (κ3) is 2.76. The van der Waals surface area contributed by atoms with E-state index < -0.39 is 0 Å². The molecule has 0 atom stereocenters. The summed E-state index contributed by atoms with van der Waals surface area (Å²) in [5.74, 6) is -0.206. The molecule has 1 saturated heterocycles. The number of nitrogens with one attached hydrogen (secondary N) is 1. The van der Waals surface area contributed by atoms with Crippen molar-refractivity contribution in [2.45, 2.75) is 11.8 Å². The first-order valence-electron chi connectivity index (χ1n) is 6.49. The van der Waals surface area contributed by atoms with Crippen molar-refractivity contribution in [3.63, 3.8) is 0 Å². The standard InChI is InChI=1S/C16H14BrClFN/c17-13-4-11(5-15(19)7-13)8-16(9-20-10-16)12-2-1-3-14(18)6-12/h1-7,20H,8-10H2. The van der Waals surface area contributed by atoms with Crippen LogP contribution < -0.4 is 5.32 Å². The maximum atomic E-state index is 13.5. The molecule has 104 valence electrons. The zero-order chi connectivity index (χ0) is 14.2. The van der Waals surface area contributed by atoms with E-state index in [9.17, 15) is 4.39 Å². The molecule has 0 radical (unpaired) electrons. The number of halogens is 3. The molecule has 2 aromatic rings. The zero-order valence-electron chi connectivity index (χ0n) is 10.8. The van der Waals surface area contributed by atoms with Crippen molar-refractivity contribution in [1.82, 2.24) is 5.32 Å². The second-order valence-corrected chi connectivity index (χ2v) is 6.70. The smallest absolute Gasteiger partial charge is 0.124 e. The van der Waals surface area contributed by atoms with Crippen molar-refractivity contribution in [2.24, 2.45) is 0 Å². The lowest BCUT2D eigenvalue weighted by Gasteiger charge is -2.43. The summed E-state index contributed by atoms with van der Waals surface area (Å²) in [6.45, 7) is 1.78. The van der Waals surface area contributed by atoms with E-state index in [1.165, 1.54) is 11.6 Å². The first kappa shape index (κ1) is 14.1. The summed E-state index contributed by atoms with van der Waals surface area (Å²) in [6, 6.07) is 13.0. The summed E-state index contributed by atoms with van der Waals surface area (Å²) in [6.07, 6.45) is 0.802. The predicted molar refractivity (Wildman–Crippen MR) is 83.8 cm³/mol. The van der Waals surface area contributed by atoms with Crippen LogP contribution in [0.15, 0.2) is 46.9 Å². The highest BCUT2D eigenvalue weighted by Gasteiger charge is 2.38. The van der Waals surface area contributed by atoms with Gasteiger partial charge in [-0.1, -0.05) is 39.7 Å². The normalized spacial score (nSPS) is 16.8. The highest BCUT2D eigenvalue weighted by atomic mass is 79.9. The van der Waals surface area contributed by atoms with Crippen LogP contribution in [0.5, 0.6) is 0 Å². The Hall–Kier alpha value is -0.900. The fourth-order valence-electron chi connectivity index (χ4n) is 2.78. The molecule has 20 heavy (non-hydrogen) atoms. The largest absolute Gasteiger partial charge is 0.315 e. The van der Waals surface area contributed by atoms with Gasteiger partial charge in [0.15, 0.2) is 0 Å². The van der Waals surface area contributed by atoms with Crippen LogP contribution in [0.25, 0.3) is 0 Å². The van der Waals surface area contributed by atoms with Crippen molar-refractivity contribution >= 4 is 27.5 Å². The molecule has 1 N–H and O–H groups in total. The van der Waals surface area contributed by atoms with E-state index in [0.29, 0.717) is 0 Å². The first-order valence-corrected chi connectivity index (χ1v) is 7.66. The molecule has 0 aliphatic carbocycles.